The lowest BCUT2D eigenvalue weighted by molar-refractivity contribution is 0.342. The van der Waals surface area contributed by atoms with Crippen LogP contribution in [0.5, 0.6) is 0 Å². The molecule has 0 radical (unpaired) electrons. The van der Waals surface area contributed by atoms with Gasteiger partial charge in [0.2, 0.25) is 0 Å². The van der Waals surface area contributed by atoms with Crippen molar-refractivity contribution >= 4 is 0 Å². The average Bonchev–Trinajstić information content (AvgIpc) is 2.16. The Bertz CT molecular complexity index is 166. The molecular weight excluding hydrogens is 160 g/mol. The fourth-order valence-corrected chi connectivity index (χ4v) is 0.980. The zero-order valence-electron chi connectivity index (χ0n) is 8.45. The van der Waals surface area contributed by atoms with Gasteiger partial charge in [-0.1, -0.05) is 36.5 Å². The molecule has 0 aliphatic carbocycles. The van der Waals surface area contributed by atoms with Crippen LogP contribution in [0, 0.1) is 0 Å². The van der Waals surface area contributed by atoms with Crippen molar-refractivity contribution in [1.82, 2.24) is 0 Å². The highest BCUT2D eigenvalue weighted by atomic mass is 16.2. The molecule has 0 aliphatic rings. The molecule has 1 heteroatoms. The molecule has 0 atom stereocenters. The molecule has 0 unspecified atom stereocenters. The second kappa shape index (κ2) is 11.2. The molecule has 74 valence electrons. The lowest BCUT2D eigenvalue weighted by Gasteiger charge is -1.87. The molecule has 0 aromatic carbocycles. The smallest absolute Gasteiger partial charge is 0.0612 e. The molecule has 13 heavy (non-hydrogen) atoms. The van der Waals surface area contributed by atoms with Gasteiger partial charge in [-0.05, 0) is 32.6 Å². The molecule has 0 heterocycles. The Labute approximate surface area is 81.5 Å². The first kappa shape index (κ1) is 12.2. The maximum atomic E-state index is 8.45. The summed E-state index contributed by atoms with van der Waals surface area (Å²) in [7, 11) is 0. The first-order chi connectivity index (χ1) is 6.41. The van der Waals surface area contributed by atoms with Crippen molar-refractivity contribution in [3.8, 4) is 0 Å². The molecular formula is C12H20O. The molecule has 0 rings (SSSR count). The number of rotatable bonds is 7. The quantitative estimate of drug-likeness (QED) is 0.471. The summed E-state index contributed by atoms with van der Waals surface area (Å²) in [5.74, 6) is 0. The van der Waals surface area contributed by atoms with Crippen LogP contribution >= 0.6 is 0 Å². The molecule has 1 nitrogen and oxygen atoms in total. The predicted molar refractivity (Wildman–Crippen MR) is 58.6 cm³/mol. The molecule has 0 amide bonds. The van der Waals surface area contributed by atoms with Crippen LogP contribution in [0.3, 0.4) is 0 Å². The summed E-state index contributed by atoms with van der Waals surface area (Å²) in [5.41, 5.74) is 0. The summed E-state index contributed by atoms with van der Waals surface area (Å²) in [6.45, 7) is 2.20. The van der Waals surface area contributed by atoms with Gasteiger partial charge in [0, 0.05) is 0 Å². The maximum Gasteiger partial charge on any atom is 0.0612 e. The van der Waals surface area contributed by atoms with Crippen LogP contribution in [-0.2, 0) is 0 Å². The Hall–Kier alpha value is -0.820. The van der Waals surface area contributed by atoms with Crippen molar-refractivity contribution in [3.63, 3.8) is 0 Å². The van der Waals surface area contributed by atoms with Crippen LogP contribution in [0.15, 0.2) is 36.5 Å². The average molecular weight is 180 g/mol. The highest BCUT2D eigenvalue weighted by Gasteiger charge is 1.77. The van der Waals surface area contributed by atoms with Gasteiger partial charge in [-0.2, -0.15) is 0 Å². The van der Waals surface area contributed by atoms with E-state index in [1.807, 2.05) is 13.0 Å². The molecule has 0 spiro atoms. The molecule has 0 saturated carbocycles. The van der Waals surface area contributed by atoms with Gasteiger partial charge in [0.15, 0.2) is 0 Å². The molecule has 0 aliphatic heterocycles. The topological polar surface area (TPSA) is 20.2 Å². The molecule has 0 fully saturated rings. The molecule has 0 saturated heterocycles. The molecule has 0 aromatic heterocycles. The van der Waals surface area contributed by atoms with Crippen molar-refractivity contribution in [1.29, 1.82) is 0 Å². The largest absolute Gasteiger partial charge is 0.392 e. The molecule has 0 bridgehead atoms. The number of hydrogen-bond acceptors (Lipinski definition) is 1. The monoisotopic (exact) mass is 180 g/mol. The molecule has 0 aromatic rings. The van der Waals surface area contributed by atoms with Crippen LogP contribution in [-0.4, -0.2) is 11.7 Å². The van der Waals surface area contributed by atoms with E-state index in [0.29, 0.717) is 0 Å². The standard InChI is InChI=1S/C12H20O/c1-2-3-4-5-6-7-8-9-10-11-12-13/h2-3,6-7,10-11,13H,4-5,8-9,12H2,1H3. The van der Waals surface area contributed by atoms with Crippen LogP contribution < -0.4 is 0 Å². The van der Waals surface area contributed by atoms with Gasteiger partial charge in [0.25, 0.3) is 0 Å². The van der Waals surface area contributed by atoms with Crippen molar-refractivity contribution in [2.24, 2.45) is 0 Å². The third-order valence-electron chi connectivity index (χ3n) is 1.67. The van der Waals surface area contributed by atoms with Crippen molar-refractivity contribution < 1.29 is 5.11 Å². The Morgan fingerprint density at radius 3 is 1.69 bits per heavy atom. The second-order valence-corrected chi connectivity index (χ2v) is 2.85. The SMILES string of the molecule is CC=CCCC=CCCC=CCO. The van der Waals surface area contributed by atoms with Gasteiger partial charge in [0.1, 0.15) is 0 Å². The first-order valence-electron chi connectivity index (χ1n) is 4.93. The summed E-state index contributed by atoms with van der Waals surface area (Å²) in [4.78, 5) is 0. The Morgan fingerprint density at radius 2 is 1.23 bits per heavy atom. The summed E-state index contributed by atoms with van der Waals surface area (Å²) in [5, 5.41) is 8.45. The van der Waals surface area contributed by atoms with Gasteiger partial charge in [-0.25, -0.2) is 0 Å². The minimum absolute atomic E-state index is 0.158. The molecule has 1 N–H and O–H groups in total. The number of aliphatic hydroxyl groups is 1. The summed E-state index contributed by atoms with van der Waals surface area (Å²) in [6, 6.07) is 0. The van der Waals surface area contributed by atoms with Crippen LogP contribution in [0.1, 0.15) is 32.6 Å². The van der Waals surface area contributed by atoms with E-state index < -0.39 is 0 Å². The normalized spacial score (nSPS) is 12.5. The summed E-state index contributed by atoms with van der Waals surface area (Å²) < 4.78 is 0. The number of allylic oxidation sites excluding steroid dienone is 5. The van der Waals surface area contributed by atoms with Crippen molar-refractivity contribution in [2.75, 3.05) is 6.61 Å². The highest BCUT2D eigenvalue weighted by molar-refractivity contribution is 4.89. The Kier molecular flexibility index (Phi) is 10.5. The summed E-state index contributed by atoms with van der Waals surface area (Å²) >= 11 is 0. The first-order valence-corrected chi connectivity index (χ1v) is 4.93. The number of aliphatic hydroxyl groups excluding tert-OH is 1. The Morgan fingerprint density at radius 1 is 0.769 bits per heavy atom. The van der Waals surface area contributed by atoms with E-state index in [0.717, 1.165) is 25.7 Å². The van der Waals surface area contributed by atoms with E-state index >= 15 is 0 Å². The van der Waals surface area contributed by atoms with Crippen molar-refractivity contribution in [2.45, 2.75) is 32.6 Å². The van der Waals surface area contributed by atoms with E-state index in [-0.39, 0.29) is 6.61 Å². The minimum atomic E-state index is 0.158. The van der Waals surface area contributed by atoms with Gasteiger partial charge >= 0.3 is 0 Å². The Balaban J connectivity index is 3.17. The van der Waals surface area contributed by atoms with Crippen LogP contribution in [0.4, 0.5) is 0 Å². The van der Waals surface area contributed by atoms with E-state index in [9.17, 15) is 0 Å². The lowest BCUT2D eigenvalue weighted by atomic mass is 10.2. The van der Waals surface area contributed by atoms with Gasteiger partial charge < -0.3 is 5.11 Å². The fraction of sp³-hybridized carbons (Fsp3) is 0.500. The van der Waals surface area contributed by atoms with Gasteiger partial charge in [-0.3, -0.25) is 0 Å². The van der Waals surface area contributed by atoms with Crippen molar-refractivity contribution in [3.05, 3.63) is 36.5 Å². The fourth-order valence-electron chi connectivity index (χ4n) is 0.980. The van der Waals surface area contributed by atoms with E-state index in [2.05, 4.69) is 24.3 Å². The van der Waals surface area contributed by atoms with E-state index in [4.69, 9.17) is 5.11 Å². The van der Waals surface area contributed by atoms with Crippen LogP contribution in [0.2, 0.25) is 0 Å². The summed E-state index contributed by atoms with van der Waals surface area (Å²) in [6.07, 6.45) is 16.8. The van der Waals surface area contributed by atoms with E-state index in [1.165, 1.54) is 0 Å². The number of unbranched alkanes of at least 4 members (excludes halogenated alkanes) is 2. The zero-order chi connectivity index (χ0) is 9.78. The number of hydrogen-bond donors (Lipinski definition) is 1. The lowest BCUT2D eigenvalue weighted by Crippen LogP contribution is -1.71. The predicted octanol–water partition coefficient (Wildman–Crippen LogP) is 3.23. The third-order valence-corrected chi connectivity index (χ3v) is 1.67. The van der Waals surface area contributed by atoms with Crippen LogP contribution in [0.25, 0.3) is 0 Å². The van der Waals surface area contributed by atoms with E-state index in [1.54, 1.807) is 6.08 Å². The van der Waals surface area contributed by atoms with Gasteiger partial charge in [0.05, 0.1) is 6.61 Å². The third kappa shape index (κ3) is 11.2. The zero-order valence-corrected chi connectivity index (χ0v) is 8.45. The highest BCUT2D eigenvalue weighted by Crippen LogP contribution is 1.97. The maximum absolute atomic E-state index is 8.45. The second-order valence-electron chi connectivity index (χ2n) is 2.85. The van der Waals surface area contributed by atoms with Gasteiger partial charge in [-0.15, -0.1) is 0 Å². The minimum Gasteiger partial charge on any atom is -0.392 e.